The summed E-state index contributed by atoms with van der Waals surface area (Å²) in [6.45, 7) is 7.89. The second-order valence-corrected chi connectivity index (χ2v) is 9.83. The fourth-order valence-corrected chi connectivity index (χ4v) is 4.59. The Morgan fingerprint density at radius 2 is 1.77 bits per heavy atom. The molecule has 1 aliphatic heterocycles. The van der Waals surface area contributed by atoms with Crippen LogP contribution in [-0.2, 0) is 14.4 Å². The number of hydrogen-bond donors (Lipinski definition) is 2. The summed E-state index contributed by atoms with van der Waals surface area (Å²) in [6, 6.07) is 17.9. The van der Waals surface area contributed by atoms with Crippen molar-refractivity contribution < 1.29 is 29.0 Å². The molecule has 3 aromatic carbocycles. The van der Waals surface area contributed by atoms with E-state index in [0.717, 1.165) is 5.56 Å². The van der Waals surface area contributed by atoms with E-state index in [1.54, 1.807) is 66.7 Å². The van der Waals surface area contributed by atoms with E-state index in [9.17, 15) is 19.5 Å². The van der Waals surface area contributed by atoms with E-state index in [1.165, 1.54) is 18.9 Å². The first-order valence-corrected chi connectivity index (χ1v) is 12.7. The monoisotopic (exact) mass is 528 g/mol. The van der Waals surface area contributed by atoms with Crippen LogP contribution in [-0.4, -0.2) is 36.4 Å². The van der Waals surface area contributed by atoms with Crippen LogP contribution in [0.15, 0.2) is 72.3 Å². The summed E-state index contributed by atoms with van der Waals surface area (Å²) >= 11 is 0. The van der Waals surface area contributed by atoms with E-state index in [2.05, 4.69) is 19.2 Å². The average Bonchev–Trinajstić information content (AvgIpc) is 3.17. The third-order valence-corrected chi connectivity index (χ3v) is 6.34. The van der Waals surface area contributed by atoms with Crippen molar-refractivity contribution >= 4 is 34.7 Å². The topological polar surface area (TPSA) is 105 Å². The van der Waals surface area contributed by atoms with Gasteiger partial charge in [-0.3, -0.25) is 19.3 Å². The van der Waals surface area contributed by atoms with Crippen molar-refractivity contribution in [2.24, 2.45) is 5.92 Å². The van der Waals surface area contributed by atoms with Crippen LogP contribution in [0.4, 0.5) is 11.4 Å². The van der Waals surface area contributed by atoms with Gasteiger partial charge in [-0.05, 0) is 60.9 Å². The minimum Gasteiger partial charge on any atom is -0.507 e. The molecule has 1 heterocycles. The van der Waals surface area contributed by atoms with Crippen molar-refractivity contribution in [1.29, 1.82) is 0 Å². The fourth-order valence-electron chi connectivity index (χ4n) is 4.59. The minimum absolute atomic E-state index is 0.0651. The molecule has 0 aromatic heterocycles. The first-order chi connectivity index (χ1) is 18.6. The molecule has 1 fully saturated rings. The van der Waals surface area contributed by atoms with E-state index in [4.69, 9.17) is 9.47 Å². The summed E-state index contributed by atoms with van der Waals surface area (Å²) in [5.41, 5.74) is 2.48. The van der Waals surface area contributed by atoms with E-state index >= 15 is 0 Å². The molecule has 0 bridgehead atoms. The van der Waals surface area contributed by atoms with Crippen LogP contribution in [0, 0.1) is 12.8 Å². The first-order valence-electron chi connectivity index (χ1n) is 12.7. The lowest BCUT2D eigenvalue weighted by Gasteiger charge is -2.27. The number of nitrogens with zero attached hydrogens (tertiary/aromatic N) is 1. The number of amides is 2. The van der Waals surface area contributed by atoms with Crippen molar-refractivity contribution in [1.82, 2.24) is 0 Å². The van der Waals surface area contributed by atoms with Crippen LogP contribution in [0.25, 0.3) is 5.76 Å². The molecule has 1 unspecified atom stereocenters. The number of hydrogen-bond acceptors (Lipinski definition) is 6. The van der Waals surface area contributed by atoms with Crippen molar-refractivity contribution in [2.75, 3.05) is 23.9 Å². The zero-order valence-electron chi connectivity index (χ0n) is 22.6. The SMILES string of the molecule is COc1ccccc1C1/C(=C(\O)c2ccc(OCC(C)C)c(C)c2)C(=O)C(=O)N1c1cccc(NC(C)=O)c1. The van der Waals surface area contributed by atoms with Gasteiger partial charge in [0.15, 0.2) is 0 Å². The molecule has 2 amide bonds. The van der Waals surface area contributed by atoms with Crippen molar-refractivity contribution in [2.45, 2.75) is 33.7 Å². The van der Waals surface area contributed by atoms with Crippen molar-refractivity contribution in [3.63, 3.8) is 0 Å². The highest BCUT2D eigenvalue weighted by Gasteiger charge is 2.48. The number of benzene rings is 3. The lowest BCUT2D eigenvalue weighted by Crippen LogP contribution is -2.29. The molecule has 8 heteroatoms. The number of aryl methyl sites for hydroxylation is 1. The van der Waals surface area contributed by atoms with E-state index < -0.39 is 17.7 Å². The molecule has 0 aliphatic carbocycles. The lowest BCUT2D eigenvalue weighted by molar-refractivity contribution is -0.132. The molecule has 1 aliphatic rings. The number of ether oxygens (including phenoxy) is 2. The van der Waals surface area contributed by atoms with Crippen LogP contribution in [0.3, 0.4) is 0 Å². The number of ketones is 1. The summed E-state index contributed by atoms with van der Waals surface area (Å²) < 4.78 is 11.4. The summed E-state index contributed by atoms with van der Waals surface area (Å²) in [4.78, 5) is 40.0. The largest absolute Gasteiger partial charge is 0.507 e. The molecule has 1 atom stereocenters. The Morgan fingerprint density at radius 3 is 2.44 bits per heavy atom. The number of Topliss-reactive ketones (excluding diaryl/α,β-unsaturated/α-hetero) is 1. The maximum absolute atomic E-state index is 13.5. The van der Waals surface area contributed by atoms with Gasteiger partial charge in [-0.25, -0.2) is 0 Å². The molecule has 8 nitrogen and oxygen atoms in total. The normalized spacial score (nSPS) is 16.5. The fraction of sp³-hybridized carbons (Fsp3) is 0.258. The van der Waals surface area contributed by atoms with Gasteiger partial charge >= 0.3 is 0 Å². The number of methoxy groups -OCH3 is 1. The number of anilines is 2. The first kappa shape index (κ1) is 27.4. The van der Waals surface area contributed by atoms with Crippen molar-refractivity contribution in [3.8, 4) is 11.5 Å². The third-order valence-electron chi connectivity index (χ3n) is 6.34. The Morgan fingerprint density at radius 1 is 1.03 bits per heavy atom. The summed E-state index contributed by atoms with van der Waals surface area (Å²) in [5, 5.41) is 14.2. The predicted molar refractivity (Wildman–Crippen MR) is 150 cm³/mol. The van der Waals surface area contributed by atoms with Crippen LogP contribution < -0.4 is 19.7 Å². The molecule has 202 valence electrons. The highest BCUT2D eigenvalue weighted by molar-refractivity contribution is 6.51. The molecule has 0 radical (unpaired) electrons. The maximum atomic E-state index is 13.5. The number of aliphatic hydroxyl groups excluding tert-OH is 1. The molecule has 0 spiro atoms. The van der Waals surface area contributed by atoms with Gasteiger partial charge in [0.2, 0.25) is 5.91 Å². The van der Waals surface area contributed by atoms with E-state index in [1.807, 2.05) is 6.92 Å². The number of rotatable bonds is 8. The van der Waals surface area contributed by atoms with Gasteiger partial charge in [-0.15, -0.1) is 0 Å². The van der Waals surface area contributed by atoms with Gasteiger partial charge < -0.3 is 19.9 Å². The smallest absolute Gasteiger partial charge is 0.300 e. The predicted octanol–water partition coefficient (Wildman–Crippen LogP) is 5.62. The Kier molecular flexibility index (Phi) is 8.04. The molecular formula is C31H32N2O6. The highest BCUT2D eigenvalue weighted by atomic mass is 16.5. The Balaban J connectivity index is 1.88. The summed E-state index contributed by atoms with van der Waals surface area (Å²) in [7, 11) is 1.50. The van der Waals surface area contributed by atoms with E-state index in [0.29, 0.717) is 46.5 Å². The second-order valence-electron chi connectivity index (χ2n) is 9.83. The quantitative estimate of drug-likeness (QED) is 0.223. The summed E-state index contributed by atoms with van der Waals surface area (Å²) in [5.74, 6) is -0.732. The number of carbonyl (C=O) groups excluding carboxylic acids is 3. The van der Waals surface area contributed by atoms with Crippen LogP contribution >= 0.6 is 0 Å². The maximum Gasteiger partial charge on any atom is 0.300 e. The van der Waals surface area contributed by atoms with Crippen molar-refractivity contribution in [3.05, 3.63) is 89.0 Å². The number of carbonyl (C=O) groups is 3. The van der Waals surface area contributed by atoms with Gasteiger partial charge in [0.1, 0.15) is 17.3 Å². The number of aliphatic hydroxyl groups is 1. The van der Waals surface area contributed by atoms with Gasteiger partial charge in [-0.2, -0.15) is 0 Å². The highest BCUT2D eigenvalue weighted by Crippen LogP contribution is 2.45. The standard InChI is InChI=1S/C31H32N2O6/c1-18(2)17-39-25-14-13-21(15-19(25)3)29(35)27-28(24-11-6-7-12-26(24)38-5)33(31(37)30(27)36)23-10-8-9-22(16-23)32-20(4)34/h6-16,18,28,35H,17H2,1-5H3,(H,32,34)/b29-27+. The second kappa shape index (κ2) is 11.4. The van der Waals surface area contributed by atoms with Crippen LogP contribution in [0.2, 0.25) is 0 Å². The third kappa shape index (κ3) is 5.65. The molecule has 0 saturated carbocycles. The summed E-state index contributed by atoms with van der Waals surface area (Å²) in [6.07, 6.45) is 0. The Hall–Kier alpha value is -4.59. The van der Waals surface area contributed by atoms with E-state index in [-0.39, 0.29) is 17.2 Å². The van der Waals surface area contributed by atoms with Gasteiger partial charge in [0.05, 0.1) is 25.3 Å². The zero-order valence-corrected chi connectivity index (χ0v) is 22.6. The van der Waals surface area contributed by atoms with Gasteiger partial charge in [0, 0.05) is 29.4 Å². The molecule has 2 N–H and O–H groups in total. The molecule has 1 saturated heterocycles. The number of nitrogens with one attached hydrogen (secondary N) is 1. The van der Waals surface area contributed by atoms with Gasteiger partial charge in [0.25, 0.3) is 11.7 Å². The van der Waals surface area contributed by atoms with Gasteiger partial charge in [-0.1, -0.05) is 38.1 Å². The Labute approximate surface area is 227 Å². The minimum atomic E-state index is -0.981. The Bertz CT molecular complexity index is 1460. The number of para-hydroxylation sites is 1. The molecule has 3 aromatic rings. The molecule has 4 rings (SSSR count). The zero-order chi connectivity index (χ0) is 28.3. The molecular weight excluding hydrogens is 496 g/mol. The van der Waals surface area contributed by atoms with Crippen LogP contribution in [0.5, 0.6) is 11.5 Å². The van der Waals surface area contributed by atoms with Crippen LogP contribution in [0.1, 0.15) is 43.5 Å². The lowest BCUT2D eigenvalue weighted by atomic mass is 9.94. The average molecular weight is 529 g/mol. The molecule has 39 heavy (non-hydrogen) atoms.